The summed E-state index contributed by atoms with van der Waals surface area (Å²) in [6.45, 7) is 1.38. The number of para-hydroxylation sites is 2. The molecule has 2 aromatic heterocycles. The van der Waals surface area contributed by atoms with E-state index in [-0.39, 0.29) is 24.1 Å². The van der Waals surface area contributed by atoms with Crippen molar-refractivity contribution in [2.45, 2.75) is 25.4 Å². The van der Waals surface area contributed by atoms with E-state index < -0.39 is 0 Å². The van der Waals surface area contributed by atoms with Crippen LogP contribution in [0.1, 0.15) is 18.9 Å². The zero-order valence-corrected chi connectivity index (χ0v) is 13.8. The molecule has 25 heavy (non-hydrogen) atoms. The Kier molecular flexibility index (Phi) is 4.05. The third-order valence-electron chi connectivity index (χ3n) is 4.69. The van der Waals surface area contributed by atoms with Crippen LogP contribution in [-0.2, 0) is 11.3 Å². The van der Waals surface area contributed by atoms with E-state index in [9.17, 15) is 9.59 Å². The van der Waals surface area contributed by atoms with Crippen LogP contribution in [0.5, 0.6) is 0 Å². The molecule has 0 unspecified atom stereocenters. The summed E-state index contributed by atoms with van der Waals surface area (Å²) in [4.78, 5) is 31.0. The molecule has 0 N–H and O–H groups in total. The Hall–Kier alpha value is -2.96. The van der Waals surface area contributed by atoms with Crippen LogP contribution in [0.25, 0.3) is 11.0 Å². The van der Waals surface area contributed by atoms with Crippen molar-refractivity contribution in [3.8, 4) is 0 Å². The lowest BCUT2D eigenvalue weighted by Gasteiger charge is -2.33. The van der Waals surface area contributed by atoms with E-state index in [0.717, 1.165) is 12.8 Å². The molecule has 3 aromatic rings. The fourth-order valence-electron chi connectivity index (χ4n) is 3.41. The van der Waals surface area contributed by atoms with Gasteiger partial charge in [-0.1, -0.05) is 12.1 Å². The quantitative estimate of drug-likeness (QED) is 0.725. The van der Waals surface area contributed by atoms with Gasteiger partial charge in [0.1, 0.15) is 6.54 Å². The highest BCUT2D eigenvalue weighted by Gasteiger charge is 2.25. The number of nitrogens with zero attached hydrogens (tertiary/aromatic N) is 5. The molecular formula is C18H19N5O2. The average Bonchev–Trinajstić information content (AvgIpc) is 3.19. The zero-order valence-electron chi connectivity index (χ0n) is 13.8. The molecule has 0 bridgehead atoms. The first-order chi connectivity index (χ1) is 12.2. The molecule has 1 atom stereocenters. The molecule has 1 amide bonds. The van der Waals surface area contributed by atoms with E-state index in [1.165, 1.54) is 10.8 Å². The van der Waals surface area contributed by atoms with Crippen molar-refractivity contribution in [1.29, 1.82) is 0 Å². The average molecular weight is 337 g/mol. The Bertz CT molecular complexity index is 948. The normalized spacial score (nSPS) is 17.8. The lowest BCUT2D eigenvalue weighted by Crippen LogP contribution is -2.43. The van der Waals surface area contributed by atoms with Gasteiger partial charge in [0, 0.05) is 25.5 Å². The summed E-state index contributed by atoms with van der Waals surface area (Å²) in [5.74, 6) is -0.0460. The summed E-state index contributed by atoms with van der Waals surface area (Å²) >= 11 is 0. The zero-order chi connectivity index (χ0) is 17.2. The van der Waals surface area contributed by atoms with Gasteiger partial charge in [-0.15, -0.1) is 0 Å². The summed E-state index contributed by atoms with van der Waals surface area (Å²) in [6, 6.07) is 9.45. The van der Waals surface area contributed by atoms with Gasteiger partial charge in [0.15, 0.2) is 0 Å². The third-order valence-corrected chi connectivity index (χ3v) is 4.69. The number of aromatic nitrogens is 4. The van der Waals surface area contributed by atoms with Gasteiger partial charge < -0.3 is 4.90 Å². The Morgan fingerprint density at radius 1 is 1.24 bits per heavy atom. The maximum atomic E-state index is 12.8. The minimum Gasteiger partial charge on any atom is -0.339 e. The smallest absolute Gasteiger partial charge is 0.269 e. The molecule has 1 aliphatic rings. The standard InChI is InChI=1S/C18H19N5O2/c24-17-11-19-15-6-1-2-7-16(15)22(17)13-18(25)21-9-3-5-14(12-21)23-10-4-8-20-23/h1-2,4,6-8,10-11,14H,3,5,9,12-13H2/t14-/m0/s1. The molecule has 4 rings (SSSR count). The van der Waals surface area contributed by atoms with Crippen LogP contribution in [0.2, 0.25) is 0 Å². The van der Waals surface area contributed by atoms with Crippen LogP contribution >= 0.6 is 0 Å². The topological polar surface area (TPSA) is 73.0 Å². The Morgan fingerprint density at radius 2 is 2.12 bits per heavy atom. The molecule has 0 saturated carbocycles. The molecule has 0 spiro atoms. The van der Waals surface area contributed by atoms with Gasteiger partial charge in [-0.05, 0) is 31.0 Å². The van der Waals surface area contributed by atoms with Crippen LogP contribution in [0.4, 0.5) is 0 Å². The third kappa shape index (κ3) is 3.05. The van der Waals surface area contributed by atoms with E-state index in [1.807, 2.05) is 46.1 Å². The number of likely N-dealkylation sites (tertiary alicyclic amines) is 1. The molecule has 0 aliphatic carbocycles. The first kappa shape index (κ1) is 15.6. The van der Waals surface area contributed by atoms with Crippen LogP contribution < -0.4 is 5.56 Å². The molecule has 1 aliphatic heterocycles. The molecular weight excluding hydrogens is 318 g/mol. The highest BCUT2D eigenvalue weighted by molar-refractivity contribution is 5.80. The highest BCUT2D eigenvalue weighted by Crippen LogP contribution is 2.21. The molecule has 7 heteroatoms. The predicted octanol–water partition coefficient (Wildman–Crippen LogP) is 1.46. The van der Waals surface area contributed by atoms with Crippen molar-refractivity contribution in [3.63, 3.8) is 0 Å². The van der Waals surface area contributed by atoms with Crippen molar-refractivity contribution in [3.05, 3.63) is 59.3 Å². The molecule has 1 aromatic carbocycles. The predicted molar refractivity (Wildman–Crippen MR) is 93.1 cm³/mol. The van der Waals surface area contributed by atoms with E-state index in [1.54, 1.807) is 6.20 Å². The summed E-state index contributed by atoms with van der Waals surface area (Å²) in [7, 11) is 0. The largest absolute Gasteiger partial charge is 0.339 e. The first-order valence-corrected chi connectivity index (χ1v) is 8.44. The molecule has 0 radical (unpaired) electrons. The second kappa shape index (κ2) is 6.51. The van der Waals surface area contributed by atoms with Crippen LogP contribution in [0.15, 0.2) is 53.7 Å². The molecule has 1 saturated heterocycles. The number of fused-ring (bicyclic) bond motifs is 1. The van der Waals surface area contributed by atoms with Gasteiger partial charge in [0.05, 0.1) is 23.3 Å². The van der Waals surface area contributed by atoms with Crippen LogP contribution in [-0.4, -0.2) is 43.2 Å². The van der Waals surface area contributed by atoms with Gasteiger partial charge in [0.25, 0.3) is 5.56 Å². The minimum absolute atomic E-state index is 0.0354. The van der Waals surface area contributed by atoms with Crippen molar-refractivity contribution >= 4 is 16.9 Å². The van der Waals surface area contributed by atoms with E-state index in [4.69, 9.17) is 0 Å². The monoisotopic (exact) mass is 337 g/mol. The van der Waals surface area contributed by atoms with E-state index in [2.05, 4.69) is 10.1 Å². The second-order valence-electron chi connectivity index (χ2n) is 6.29. The fraction of sp³-hybridized carbons (Fsp3) is 0.333. The first-order valence-electron chi connectivity index (χ1n) is 8.44. The van der Waals surface area contributed by atoms with E-state index >= 15 is 0 Å². The summed E-state index contributed by atoms with van der Waals surface area (Å²) < 4.78 is 3.41. The van der Waals surface area contributed by atoms with Crippen LogP contribution in [0, 0.1) is 0 Å². The Balaban J connectivity index is 1.56. The number of hydrogen-bond acceptors (Lipinski definition) is 4. The van der Waals surface area contributed by atoms with Gasteiger partial charge in [-0.25, -0.2) is 4.98 Å². The molecule has 7 nitrogen and oxygen atoms in total. The lowest BCUT2D eigenvalue weighted by atomic mass is 10.1. The number of carbonyl (C=O) groups excluding carboxylic acids is 1. The number of piperidine rings is 1. The van der Waals surface area contributed by atoms with Gasteiger partial charge in [-0.3, -0.25) is 18.8 Å². The molecule has 3 heterocycles. The fourth-order valence-corrected chi connectivity index (χ4v) is 3.41. The number of rotatable bonds is 3. The van der Waals surface area contributed by atoms with Crippen molar-refractivity contribution in [1.82, 2.24) is 24.2 Å². The lowest BCUT2D eigenvalue weighted by molar-refractivity contribution is -0.133. The summed E-state index contributed by atoms with van der Waals surface area (Å²) in [6.07, 6.45) is 6.90. The number of benzene rings is 1. The summed E-state index contributed by atoms with van der Waals surface area (Å²) in [5.41, 5.74) is 1.14. The van der Waals surface area contributed by atoms with Crippen molar-refractivity contribution in [2.75, 3.05) is 13.1 Å². The number of amides is 1. The number of hydrogen-bond donors (Lipinski definition) is 0. The van der Waals surface area contributed by atoms with Gasteiger partial charge >= 0.3 is 0 Å². The minimum atomic E-state index is -0.257. The van der Waals surface area contributed by atoms with Crippen molar-refractivity contribution in [2.24, 2.45) is 0 Å². The summed E-state index contributed by atoms with van der Waals surface area (Å²) in [5, 5.41) is 4.29. The second-order valence-corrected chi connectivity index (χ2v) is 6.29. The number of carbonyl (C=O) groups is 1. The van der Waals surface area contributed by atoms with Gasteiger partial charge in [0.2, 0.25) is 5.91 Å². The molecule has 1 fully saturated rings. The Morgan fingerprint density at radius 3 is 2.96 bits per heavy atom. The maximum Gasteiger partial charge on any atom is 0.269 e. The van der Waals surface area contributed by atoms with E-state index in [0.29, 0.717) is 24.1 Å². The van der Waals surface area contributed by atoms with Crippen LogP contribution in [0.3, 0.4) is 0 Å². The molecule has 128 valence electrons. The SMILES string of the molecule is O=C(Cn1c(=O)cnc2ccccc21)N1CCC[C@H](n2cccn2)C1. The highest BCUT2D eigenvalue weighted by atomic mass is 16.2. The Labute approximate surface area is 144 Å². The van der Waals surface area contributed by atoms with Crippen molar-refractivity contribution < 1.29 is 4.79 Å². The maximum absolute atomic E-state index is 12.8. The van der Waals surface area contributed by atoms with Gasteiger partial charge in [-0.2, -0.15) is 5.10 Å².